The van der Waals surface area contributed by atoms with Gasteiger partial charge in [0.2, 0.25) is 5.91 Å². The van der Waals surface area contributed by atoms with Crippen molar-refractivity contribution < 1.29 is 4.79 Å². The average Bonchev–Trinajstić information content (AvgIpc) is 2.56. The van der Waals surface area contributed by atoms with E-state index in [1.165, 1.54) is 17.5 Å². The summed E-state index contributed by atoms with van der Waals surface area (Å²) in [5.74, 6) is 0.692. The molecule has 0 aliphatic rings. The summed E-state index contributed by atoms with van der Waals surface area (Å²) in [6.07, 6.45) is 0. The molecule has 0 spiro atoms. The number of benzene rings is 2. The van der Waals surface area contributed by atoms with Gasteiger partial charge in [0.15, 0.2) is 0 Å². The van der Waals surface area contributed by atoms with Crippen LogP contribution in [0.4, 0.5) is 0 Å². The fraction of sp³-hybridized carbons (Fsp3) is 0.235. The molecule has 2 N–H and O–H groups in total. The van der Waals surface area contributed by atoms with Crippen LogP contribution in [0.25, 0.3) is 0 Å². The molecule has 2 aromatic carbocycles. The molecular weight excluding hydrogens is 351 g/mol. The predicted octanol–water partition coefficient (Wildman–Crippen LogP) is 4.44. The smallest absolute Gasteiger partial charge is 0.246 e. The summed E-state index contributed by atoms with van der Waals surface area (Å²) >= 11 is 13.2. The normalized spacial score (nSPS) is 12.0. The van der Waals surface area contributed by atoms with Gasteiger partial charge in [-0.1, -0.05) is 59.6 Å². The minimum absolute atomic E-state index is 0.0500. The van der Waals surface area contributed by atoms with Gasteiger partial charge in [-0.2, -0.15) is 0 Å². The minimum Gasteiger partial charge on any atom is -0.302 e. The van der Waals surface area contributed by atoms with Crippen molar-refractivity contribution in [1.29, 1.82) is 0 Å². The minimum atomic E-state index is -0.298. The van der Waals surface area contributed by atoms with Crippen LogP contribution in [0.3, 0.4) is 0 Å². The number of carbonyl (C=O) groups excluding carboxylic acids is 1. The average molecular weight is 369 g/mol. The first-order valence-electron chi connectivity index (χ1n) is 7.19. The molecule has 1 unspecified atom stereocenters. The van der Waals surface area contributed by atoms with Crippen LogP contribution in [0.5, 0.6) is 0 Å². The van der Waals surface area contributed by atoms with E-state index < -0.39 is 0 Å². The van der Waals surface area contributed by atoms with Crippen molar-refractivity contribution in [2.45, 2.75) is 25.3 Å². The molecule has 23 heavy (non-hydrogen) atoms. The van der Waals surface area contributed by atoms with E-state index in [9.17, 15) is 4.79 Å². The van der Waals surface area contributed by atoms with E-state index in [0.717, 1.165) is 11.3 Å². The molecule has 122 valence electrons. The third kappa shape index (κ3) is 6.07. The summed E-state index contributed by atoms with van der Waals surface area (Å²) in [7, 11) is 0. The second kappa shape index (κ2) is 9.18. The molecule has 1 atom stereocenters. The Kier molecular flexibility index (Phi) is 7.24. The third-order valence-corrected chi connectivity index (χ3v) is 4.81. The highest BCUT2D eigenvalue weighted by atomic mass is 35.5. The molecule has 2 aromatic rings. The molecule has 6 heteroatoms. The first kappa shape index (κ1) is 18.1. The Hall–Kier alpha value is -1.20. The van der Waals surface area contributed by atoms with Gasteiger partial charge in [-0.05, 0) is 42.1 Å². The fourth-order valence-corrected chi connectivity index (χ4v) is 2.94. The van der Waals surface area contributed by atoms with Crippen LogP contribution in [0.1, 0.15) is 18.1 Å². The lowest BCUT2D eigenvalue weighted by Gasteiger charge is -2.14. The van der Waals surface area contributed by atoms with E-state index in [1.54, 1.807) is 12.1 Å². The molecule has 0 saturated heterocycles. The van der Waals surface area contributed by atoms with Gasteiger partial charge < -0.3 is 5.32 Å². The van der Waals surface area contributed by atoms with Crippen LogP contribution < -0.4 is 10.0 Å². The summed E-state index contributed by atoms with van der Waals surface area (Å²) in [5.41, 5.74) is 2.16. The van der Waals surface area contributed by atoms with E-state index in [2.05, 4.69) is 10.0 Å². The van der Waals surface area contributed by atoms with Crippen LogP contribution in [-0.2, 0) is 17.1 Å². The second-order valence-corrected chi connectivity index (χ2v) is 6.69. The van der Waals surface area contributed by atoms with Gasteiger partial charge in [0.1, 0.15) is 0 Å². The van der Waals surface area contributed by atoms with Gasteiger partial charge >= 0.3 is 0 Å². The van der Waals surface area contributed by atoms with E-state index in [0.29, 0.717) is 16.6 Å². The highest BCUT2D eigenvalue weighted by molar-refractivity contribution is 7.97. The Labute approximate surface area is 150 Å². The Bertz CT molecular complexity index is 652. The van der Waals surface area contributed by atoms with Crippen molar-refractivity contribution in [2.24, 2.45) is 0 Å². The molecule has 0 heterocycles. The first-order chi connectivity index (χ1) is 11.1. The number of nitrogens with one attached hydrogen (secondary N) is 2. The van der Waals surface area contributed by atoms with Gasteiger partial charge in [-0.15, -0.1) is 0 Å². The molecule has 0 aliphatic heterocycles. The number of amides is 1. The van der Waals surface area contributed by atoms with Gasteiger partial charge in [-0.3, -0.25) is 9.52 Å². The van der Waals surface area contributed by atoms with Gasteiger partial charge in [-0.25, -0.2) is 0 Å². The maximum atomic E-state index is 12.0. The number of rotatable bonds is 7. The second-order valence-electron chi connectivity index (χ2n) is 5.09. The molecule has 0 radical (unpaired) electrons. The molecule has 2 rings (SSSR count). The molecule has 1 amide bonds. The lowest BCUT2D eigenvalue weighted by molar-refractivity contribution is -0.120. The fourth-order valence-electron chi connectivity index (χ4n) is 1.87. The van der Waals surface area contributed by atoms with Crippen molar-refractivity contribution in [2.75, 3.05) is 0 Å². The summed E-state index contributed by atoms with van der Waals surface area (Å²) < 4.78 is 2.86. The topological polar surface area (TPSA) is 41.1 Å². The quantitative estimate of drug-likeness (QED) is 0.709. The lowest BCUT2D eigenvalue weighted by atomic mass is 10.2. The van der Waals surface area contributed by atoms with Gasteiger partial charge in [0, 0.05) is 12.3 Å². The molecule has 0 bridgehead atoms. The van der Waals surface area contributed by atoms with Crippen molar-refractivity contribution in [3.8, 4) is 0 Å². The molecule has 0 fully saturated rings. The first-order valence-corrected chi connectivity index (χ1v) is 8.93. The van der Waals surface area contributed by atoms with Gasteiger partial charge in [0.05, 0.1) is 16.1 Å². The Balaban J connectivity index is 1.73. The Morgan fingerprint density at radius 1 is 1.09 bits per heavy atom. The highest BCUT2D eigenvalue weighted by Crippen LogP contribution is 2.22. The summed E-state index contributed by atoms with van der Waals surface area (Å²) in [6, 6.07) is 15.1. The predicted molar refractivity (Wildman–Crippen MR) is 98.6 cm³/mol. The monoisotopic (exact) mass is 368 g/mol. The van der Waals surface area contributed by atoms with Crippen LogP contribution in [0.15, 0.2) is 48.5 Å². The van der Waals surface area contributed by atoms with Crippen LogP contribution in [0.2, 0.25) is 10.0 Å². The zero-order valence-electron chi connectivity index (χ0n) is 12.7. The number of halogens is 2. The lowest BCUT2D eigenvalue weighted by Crippen LogP contribution is -2.39. The Morgan fingerprint density at radius 2 is 1.83 bits per heavy atom. The number of carbonyl (C=O) groups is 1. The van der Waals surface area contributed by atoms with E-state index in [1.807, 2.05) is 43.3 Å². The van der Waals surface area contributed by atoms with Crippen molar-refractivity contribution in [3.05, 3.63) is 69.7 Å². The summed E-state index contributed by atoms with van der Waals surface area (Å²) in [6.45, 7) is 2.38. The van der Waals surface area contributed by atoms with Crippen LogP contribution >= 0.6 is 35.1 Å². The maximum absolute atomic E-state index is 12.0. The molecular formula is C17H18Cl2N2OS. The highest BCUT2D eigenvalue weighted by Gasteiger charge is 2.12. The van der Waals surface area contributed by atoms with Crippen molar-refractivity contribution in [1.82, 2.24) is 10.0 Å². The SMILES string of the molecule is CC(NCc1ccc(Cl)c(Cl)c1)C(=O)NSCc1ccccc1. The van der Waals surface area contributed by atoms with E-state index in [4.69, 9.17) is 23.2 Å². The van der Waals surface area contributed by atoms with E-state index in [-0.39, 0.29) is 11.9 Å². The summed E-state index contributed by atoms with van der Waals surface area (Å²) in [4.78, 5) is 12.0. The third-order valence-electron chi connectivity index (χ3n) is 3.24. The van der Waals surface area contributed by atoms with E-state index >= 15 is 0 Å². The van der Waals surface area contributed by atoms with Crippen molar-refractivity contribution in [3.63, 3.8) is 0 Å². The molecule has 0 aliphatic carbocycles. The van der Waals surface area contributed by atoms with Gasteiger partial charge in [0.25, 0.3) is 0 Å². The maximum Gasteiger partial charge on any atom is 0.246 e. The zero-order chi connectivity index (χ0) is 16.7. The van der Waals surface area contributed by atoms with Crippen LogP contribution in [-0.4, -0.2) is 11.9 Å². The zero-order valence-corrected chi connectivity index (χ0v) is 15.0. The molecule has 0 aromatic heterocycles. The molecule has 3 nitrogen and oxygen atoms in total. The number of hydrogen-bond donors (Lipinski definition) is 2. The Morgan fingerprint density at radius 3 is 2.52 bits per heavy atom. The standard InChI is InChI=1S/C17H18Cl2N2OS/c1-12(20-10-14-7-8-15(18)16(19)9-14)17(22)21-23-11-13-5-3-2-4-6-13/h2-9,12,20H,10-11H2,1H3,(H,21,22). The van der Waals surface area contributed by atoms with Crippen molar-refractivity contribution >= 4 is 41.1 Å². The molecule has 0 saturated carbocycles. The number of hydrogen-bond acceptors (Lipinski definition) is 3. The van der Waals surface area contributed by atoms with Crippen LogP contribution in [0, 0.1) is 0 Å². The summed E-state index contributed by atoms with van der Waals surface area (Å²) in [5, 5.41) is 4.21. The largest absolute Gasteiger partial charge is 0.302 e.